The molecule has 2 aromatic carbocycles. The van der Waals surface area contributed by atoms with Crippen molar-refractivity contribution in [3.8, 4) is 0 Å². The van der Waals surface area contributed by atoms with Gasteiger partial charge in [-0.25, -0.2) is 0 Å². The summed E-state index contributed by atoms with van der Waals surface area (Å²) >= 11 is 0. The molecule has 2 aromatic heterocycles. The number of hydrogen-bond donors (Lipinski definition) is 2. The highest BCUT2D eigenvalue weighted by Crippen LogP contribution is 2.16. The predicted octanol–water partition coefficient (Wildman–Crippen LogP) is 3.96. The van der Waals surface area contributed by atoms with Crippen molar-refractivity contribution >= 4 is 40.7 Å². The van der Waals surface area contributed by atoms with Crippen molar-refractivity contribution in [2.24, 2.45) is 4.99 Å². The largest absolute Gasteiger partial charge is 0.352 e. The molecule has 0 amide bonds. The molecule has 0 atom stereocenters. The van der Waals surface area contributed by atoms with E-state index in [4.69, 9.17) is 0 Å². The molecule has 0 saturated carbocycles. The maximum atomic E-state index is 4.53. The third kappa shape index (κ3) is 5.35. The molecule has 0 saturated heterocycles. The average molecular weight is 512 g/mol. The summed E-state index contributed by atoms with van der Waals surface area (Å²) in [6, 6.07) is 20.6. The molecule has 2 heterocycles. The summed E-state index contributed by atoms with van der Waals surface area (Å²) in [7, 11) is 1.78. The van der Waals surface area contributed by atoms with Crippen molar-refractivity contribution in [2.45, 2.75) is 19.6 Å². The quantitative estimate of drug-likeness (QED) is 0.233. The Balaban J connectivity index is 0.00000256. The normalized spacial score (nSPS) is 11.2. The van der Waals surface area contributed by atoms with Gasteiger partial charge in [0.05, 0.1) is 18.8 Å². The molecule has 0 aliphatic carbocycles. The van der Waals surface area contributed by atoms with Crippen LogP contribution in [0, 0.1) is 0 Å². The zero-order chi connectivity index (χ0) is 19.9. The van der Waals surface area contributed by atoms with E-state index in [2.05, 4.69) is 62.1 Å². The Morgan fingerprint density at radius 2 is 1.67 bits per heavy atom. The first kappa shape index (κ1) is 21.8. The van der Waals surface area contributed by atoms with Gasteiger partial charge in [0.2, 0.25) is 0 Å². The number of hydrogen-bond acceptors (Lipinski definition) is 3. The average Bonchev–Trinajstić information content (AvgIpc) is 3.28. The maximum absolute atomic E-state index is 4.53. The second-order valence-electron chi connectivity index (χ2n) is 6.73. The van der Waals surface area contributed by atoms with Gasteiger partial charge in [-0.15, -0.1) is 24.0 Å². The van der Waals surface area contributed by atoms with Crippen LogP contribution in [0.2, 0.25) is 0 Å². The van der Waals surface area contributed by atoms with Crippen molar-refractivity contribution in [1.82, 2.24) is 25.4 Å². The van der Waals surface area contributed by atoms with Gasteiger partial charge in [0.25, 0.3) is 0 Å². The lowest BCUT2D eigenvalue weighted by Gasteiger charge is -2.15. The van der Waals surface area contributed by atoms with Crippen LogP contribution in [0.5, 0.6) is 0 Å². The zero-order valence-electron chi connectivity index (χ0n) is 16.8. The Hall–Kier alpha value is -2.94. The van der Waals surface area contributed by atoms with Crippen molar-refractivity contribution < 1.29 is 0 Å². The van der Waals surface area contributed by atoms with Gasteiger partial charge in [0.1, 0.15) is 0 Å². The molecule has 0 bridgehead atoms. The summed E-state index contributed by atoms with van der Waals surface area (Å²) in [4.78, 5) is 8.89. The molecule has 4 aromatic rings. The molecule has 30 heavy (non-hydrogen) atoms. The zero-order valence-corrected chi connectivity index (χ0v) is 19.2. The number of benzene rings is 2. The predicted molar refractivity (Wildman–Crippen MR) is 132 cm³/mol. The van der Waals surface area contributed by atoms with Gasteiger partial charge in [0.15, 0.2) is 5.96 Å². The number of pyridine rings is 1. The smallest absolute Gasteiger partial charge is 0.191 e. The van der Waals surface area contributed by atoms with Crippen LogP contribution in [-0.2, 0) is 19.6 Å². The first-order valence-electron chi connectivity index (χ1n) is 9.65. The minimum atomic E-state index is 0. The topological polar surface area (TPSA) is 67.1 Å². The molecule has 7 heteroatoms. The van der Waals surface area contributed by atoms with Crippen LogP contribution in [0.15, 0.2) is 84.2 Å². The molecule has 154 valence electrons. The number of rotatable bonds is 6. The number of aromatic nitrogens is 3. The van der Waals surface area contributed by atoms with E-state index in [0.29, 0.717) is 13.1 Å². The number of guanidine groups is 1. The molecule has 0 unspecified atom stereocenters. The highest BCUT2D eigenvalue weighted by Gasteiger charge is 2.06. The van der Waals surface area contributed by atoms with Crippen LogP contribution in [0.25, 0.3) is 10.8 Å². The molecule has 2 N–H and O–H groups in total. The van der Waals surface area contributed by atoms with Crippen molar-refractivity contribution in [3.05, 3.63) is 96.1 Å². The highest BCUT2D eigenvalue weighted by atomic mass is 127. The molecule has 0 spiro atoms. The van der Waals surface area contributed by atoms with Crippen LogP contribution < -0.4 is 10.6 Å². The highest BCUT2D eigenvalue weighted by molar-refractivity contribution is 14.0. The fourth-order valence-corrected chi connectivity index (χ4v) is 3.34. The standard InChI is InChI=1S/C23H24N6.HI/c1-24-23(27-16-22-21-10-5-4-7-18(21)11-13-25-22)26-15-19-8-2-3-9-20(19)17-29-14-6-12-28-29;/h2-14H,15-17H2,1H3,(H2,24,26,27);1H. The third-order valence-electron chi connectivity index (χ3n) is 4.86. The van der Waals surface area contributed by atoms with Gasteiger partial charge in [0, 0.05) is 37.6 Å². The first-order chi connectivity index (χ1) is 14.3. The second-order valence-corrected chi connectivity index (χ2v) is 6.73. The van der Waals surface area contributed by atoms with Crippen LogP contribution in [0.4, 0.5) is 0 Å². The Morgan fingerprint density at radius 1 is 0.900 bits per heavy atom. The Kier molecular flexibility index (Phi) is 7.78. The Labute approximate surface area is 193 Å². The van der Waals surface area contributed by atoms with E-state index in [1.807, 2.05) is 41.3 Å². The van der Waals surface area contributed by atoms with Crippen molar-refractivity contribution in [3.63, 3.8) is 0 Å². The summed E-state index contributed by atoms with van der Waals surface area (Å²) in [5, 5.41) is 13.4. The van der Waals surface area contributed by atoms with Crippen LogP contribution in [0.1, 0.15) is 16.8 Å². The minimum absolute atomic E-state index is 0. The number of nitrogens with one attached hydrogen (secondary N) is 2. The summed E-state index contributed by atoms with van der Waals surface area (Å²) < 4.78 is 1.93. The van der Waals surface area contributed by atoms with Crippen molar-refractivity contribution in [1.29, 1.82) is 0 Å². The molecule has 0 radical (unpaired) electrons. The van der Waals surface area contributed by atoms with Crippen LogP contribution in [0.3, 0.4) is 0 Å². The lowest BCUT2D eigenvalue weighted by Crippen LogP contribution is -2.36. The van der Waals surface area contributed by atoms with E-state index in [1.54, 1.807) is 13.2 Å². The van der Waals surface area contributed by atoms with Gasteiger partial charge in [-0.05, 0) is 28.6 Å². The molecule has 0 fully saturated rings. The van der Waals surface area contributed by atoms with E-state index in [-0.39, 0.29) is 24.0 Å². The summed E-state index contributed by atoms with van der Waals surface area (Å²) in [5.74, 6) is 0.744. The number of fused-ring (bicyclic) bond motifs is 1. The summed E-state index contributed by atoms with van der Waals surface area (Å²) in [6.07, 6.45) is 5.62. The van der Waals surface area contributed by atoms with Gasteiger partial charge < -0.3 is 10.6 Å². The van der Waals surface area contributed by atoms with E-state index >= 15 is 0 Å². The van der Waals surface area contributed by atoms with Crippen LogP contribution in [-0.4, -0.2) is 27.8 Å². The van der Waals surface area contributed by atoms with Gasteiger partial charge >= 0.3 is 0 Å². The lowest BCUT2D eigenvalue weighted by atomic mass is 10.1. The fraction of sp³-hybridized carbons (Fsp3) is 0.174. The van der Waals surface area contributed by atoms with Crippen molar-refractivity contribution in [2.75, 3.05) is 7.05 Å². The minimum Gasteiger partial charge on any atom is -0.352 e. The van der Waals surface area contributed by atoms with E-state index in [0.717, 1.165) is 23.6 Å². The van der Waals surface area contributed by atoms with E-state index < -0.39 is 0 Å². The molecule has 6 nitrogen and oxygen atoms in total. The molecule has 4 rings (SSSR count). The Morgan fingerprint density at radius 3 is 2.47 bits per heavy atom. The summed E-state index contributed by atoms with van der Waals surface area (Å²) in [5.41, 5.74) is 3.45. The number of halogens is 1. The van der Waals surface area contributed by atoms with Gasteiger partial charge in [-0.1, -0.05) is 48.5 Å². The fourth-order valence-electron chi connectivity index (χ4n) is 3.34. The number of aliphatic imine (C=N–C) groups is 1. The van der Waals surface area contributed by atoms with Gasteiger partial charge in [-0.3, -0.25) is 14.7 Å². The molecule has 0 aliphatic heterocycles. The first-order valence-corrected chi connectivity index (χ1v) is 9.65. The molecular formula is C23H25IN6. The monoisotopic (exact) mass is 512 g/mol. The molecular weight excluding hydrogens is 487 g/mol. The van der Waals surface area contributed by atoms with Crippen LogP contribution >= 0.6 is 24.0 Å². The third-order valence-corrected chi connectivity index (χ3v) is 4.86. The number of nitrogens with zero attached hydrogens (tertiary/aromatic N) is 4. The Bertz CT molecular complexity index is 1100. The summed E-state index contributed by atoms with van der Waals surface area (Å²) in [6.45, 7) is 2.03. The second kappa shape index (κ2) is 10.7. The maximum Gasteiger partial charge on any atom is 0.191 e. The SMILES string of the molecule is CN=C(NCc1ccccc1Cn1cccn1)NCc1nccc2ccccc12.I. The van der Waals surface area contributed by atoms with E-state index in [9.17, 15) is 0 Å². The van der Waals surface area contributed by atoms with E-state index in [1.165, 1.54) is 16.5 Å². The van der Waals surface area contributed by atoms with Gasteiger partial charge in [-0.2, -0.15) is 5.10 Å². The molecule has 0 aliphatic rings. The lowest BCUT2D eigenvalue weighted by molar-refractivity contribution is 0.677.